The fraction of sp³-hybridized carbons (Fsp3) is 0.214. The Morgan fingerprint density at radius 2 is 1.85 bits per heavy atom. The molecule has 2 atom stereocenters. The van der Waals surface area contributed by atoms with Crippen molar-refractivity contribution in [1.82, 2.24) is 0 Å². The Morgan fingerprint density at radius 1 is 1.12 bits per heavy atom. The van der Waals surface area contributed by atoms with Gasteiger partial charge in [-0.3, -0.25) is 4.79 Å². The largest absolute Gasteiger partial charge is 0.454 e. The molecule has 3 aromatic carbocycles. The third kappa shape index (κ3) is 4.83. The third-order valence-electron chi connectivity index (χ3n) is 6.15. The van der Waals surface area contributed by atoms with E-state index < -0.39 is 23.3 Å². The van der Waals surface area contributed by atoms with E-state index in [1.54, 1.807) is 36.4 Å². The highest BCUT2D eigenvalue weighted by molar-refractivity contribution is 6.30. The molecule has 0 heterocycles. The van der Waals surface area contributed by atoms with E-state index in [0.717, 1.165) is 5.56 Å². The molecule has 34 heavy (non-hydrogen) atoms. The number of esters is 1. The molecule has 0 N–H and O–H groups in total. The van der Waals surface area contributed by atoms with Crippen molar-refractivity contribution in [3.05, 3.63) is 101 Å². The van der Waals surface area contributed by atoms with Gasteiger partial charge in [-0.2, -0.15) is 5.26 Å². The van der Waals surface area contributed by atoms with E-state index in [0.29, 0.717) is 22.8 Å². The molecule has 2 unspecified atom stereocenters. The zero-order valence-electron chi connectivity index (χ0n) is 18.8. The minimum Gasteiger partial charge on any atom is -0.454 e. The molecule has 172 valence electrons. The van der Waals surface area contributed by atoms with Crippen molar-refractivity contribution in [3.63, 3.8) is 0 Å². The van der Waals surface area contributed by atoms with Crippen LogP contribution in [0.5, 0.6) is 11.5 Å². The maximum atomic E-state index is 14.3. The maximum absolute atomic E-state index is 14.3. The van der Waals surface area contributed by atoms with Crippen LogP contribution >= 0.6 is 11.6 Å². The topological polar surface area (TPSA) is 59.3 Å². The standard InChI is InChI=1S/C28H23ClFNO3/c1-27(2)18-28(27,14-13-19-7-6-8-21(29)15-19)26(32)34-25(17-31)20-11-12-23(30)24(16-20)33-22-9-4-3-5-10-22/h3-16,25H,18H2,1-2H3. The van der Waals surface area contributed by atoms with Crippen LogP contribution < -0.4 is 4.74 Å². The number of benzene rings is 3. The molecule has 0 radical (unpaired) electrons. The number of nitrogens with zero attached hydrogens (tertiary/aromatic N) is 1. The number of halogens is 2. The van der Waals surface area contributed by atoms with Gasteiger partial charge in [0, 0.05) is 10.6 Å². The molecule has 3 aromatic rings. The van der Waals surface area contributed by atoms with Gasteiger partial charge in [0.1, 0.15) is 11.8 Å². The second-order valence-electron chi connectivity index (χ2n) is 8.94. The van der Waals surface area contributed by atoms with Gasteiger partial charge in [0.25, 0.3) is 0 Å². The van der Waals surface area contributed by atoms with Gasteiger partial charge in [0.2, 0.25) is 6.10 Å². The highest BCUT2D eigenvalue weighted by Gasteiger charge is 2.66. The molecule has 0 aliphatic heterocycles. The van der Waals surface area contributed by atoms with Crippen molar-refractivity contribution < 1.29 is 18.7 Å². The van der Waals surface area contributed by atoms with Crippen LogP contribution in [-0.4, -0.2) is 5.97 Å². The van der Waals surface area contributed by atoms with E-state index in [4.69, 9.17) is 21.1 Å². The zero-order chi connectivity index (χ0) is 24.3. The summed E-state index contributed by atoms with van der Waals surface area (Å²) in [6.07, 6.45) is 3.04. The van der Waals surface area contributed by atoms with E-state index in [1.807, 2.05) is 50.3 Å². The van der Waals surface area contributed by atoms with Crippen molar-refractivity contribution >= 4 is 23.6 Å². The first-order chi connectivity index (χ1) is 16.2. The molecule has 1 fully saturated rings. The zero-order valence-corrected chi connectivity index (χ0v) is 19.6. The second-order valence-corrected chi connectivity index (χ2v) is 9.38. The second kappa shape index (κ2) is 9.32. The van der Waals surface area contributed by atoms with E-state index in [1.165, 1.54) is 18.2 Å². The predicted molar refractivity (Wildman–Crippen MR) is 129 cm³/mol. The normalized spacial score (nSPS) is 19.3. The lowest BCUT2D eigenvalue weighted by atomic mass is 9.94. The number of hydrogen-bond donors (Lipinski definition) is 0. The quantitative estimate of drug-likeness (QED) is 0.332. The van der Waals surface area contributed by atoms with Crippen LogP contribution in [-0.2, 0) is 9.53 Å². The number of hydrogen-bond acceptors (Lipinski definition) is 4. The van der Waals surface area contributed by atoms with Crippen molar-refractivity contribution in [1.29, 1.82) is 5.26 Å². The van der Waals surface area contributed by atoms with Crippen molar-refractivity contribution in [3.8, 4) is 17.6 Å². The smallest absolute Gasteiger partial charge is 0.318 e. The molecule has 1 aliphatic rings. The molecule has 4 rings (SSSR count). The van der Waals surface area contributed by atoms with Crippen LogP contribution in [0.1, 0.15) is 37.5 Å². The van der Waals surface area contributed by atoms with Crippen LogP contribution in [0.4, 0.5) is 4.39 Å². The van der Waals surface area contributed by atoms with Gasteiger partial charge in [0.05, 0.1) is 5.41 Å². The van der Waals surface area contributed by atoms with Crippen LogP contribution in [0, 0.1) is 28.0 Å². The Morgan fingerprint density at radius 3 is 2.50 bits per heavy atom. The van der Waals surface area contributed by atoms with Gasteiger partial charge in [-0.15, -0.1) is 0 Å². The summed E-state index contributed by atoms with van der Waals surface area (Å²) < 4.78 is 25.6. The molecule has 0 spiro atoms. The van der Waals surface area contributed by atoms with Gasteiger partial charge in [0.15, 0.2) is 11.6 Å². The van der Waals surface area contributed by atoms with Gasteiger partial charge in [-0.05, 0) is 53.8 Å². The van der Waals surface area contributed by atoms with Crippen LogP contribution in [0.15, 0.2) is 78.9 Å². The van der Waals surface area contributed by atoms with Gasteiger partial charge < -0.3 is 9.47 Å². The molecule has 0 aromatic heterocycles. The molecule has 0 amide bonds. The van der Waals surface area contributed by atoms with Gasteiger partial charge in [-0.25, -0.2) is 4.39 Å². The molecular formula is C28H23ClFNO3. The first-order valence-electron chi connectivity index (χ1n) is 10.8. The van der Waals surface area contributed by atoms with E-state index in [2.05, 4.69) is 0 Å². The summed E-state index contributed by atoms with van der Waals surface area (Å²) in [5.41, 5.74) is -0.00628. The Bertz CT molecular complexity index is 1280. The molecule has 1 saturated carbocycles. The average molecular weight is 476 g/mol. The van der Waals surface area contributed by atoms with Crippen molar-refractivity contribution in [2.75, 3.05) is 0 Å². The Labute approximate surface area is 203 Å². The summed E-state index contributed by atoms with van der Waals surface area (Å²) in [7, 11) is 0. The summed E-state index contributed by atoms with van der Waals surface area (Å²) in [6, 6.07) is 22.1. The number of carbonyl (C=O) groups is 1. The van der Waals surface area contributed by atoms with Crippen LogP contribution in [0.3, 0.4) is 0 Å². The highest BCUT2D eigenvalue weighted by Crippen LogP contribution is 2.65. The van der Waals surface area contributed by atoms with Gasteiger partial charge >= 0.3 is 5.97 Å². The summed E-state index contributed by atoms with van der Waals surface area (Å²) >= 11 is 6.06. The fourth-order valence-electron chi connectivity index (χ4n) is 3.96. The summed E-state index contributed by atoms with van der Waals surface area (Å²) in [5.74, 6) is -0.687. The minimum atomic E-state index is -1.21. The van der Waals surface area contributed by atoms with Crippen molar-refractivity contribution in [2.45, 2.75) is 26.4 Å². The lowest BCUT2D eigenvalue weighted by molar-refractivity contribution is -0.152. The molecule has 6 heteroatoms. The Balaban J connectivity index is 1.55. The van der Waals surface area contributed by atoms with E-state index in [9.17, 15) is 14.4 Å². The monoisotopic (exact) mass is 475 g/mol. The average Bonchev–Trinajstić information content (AvgIpc) is 3.40. The summed E-state index contributed by atoms with van der Waals surface area (Å²) in [4.78, 5) is 13.3. The number of carbonyl (C=O) groups excluding carboxylic acids is 1. The Hall–Kier alpha value is -3.62. The van der Waals surface area contributed by atoms with Gasteiger partial charge in [-0.1, -0.05) is 74.0 Å². The van der Waals surface area contributed by atoms with Crippen molar-refractivity contribution in [2.24, 2.45) is 10.8 Å². The number of ether oxygens (including phenoxy) is 2. The minimum absolute atomic E-state index is 0.0534. The first kappa shape index (κ1) is 23.5. The molecule has 0 saturated heterocycles. The molecular weight excluding hydrogens is 453 g/mol. The number of rotatable bonds is 7. The first-order valence-corrected chi connectivity index (χ1v) is 11.2. The van der Waals surface area contributed by atoms with E-state index in [-0.39, 0.29) is 11.2 Å². The van der Waals surface area contributed by atoms with E-state index >= 15 is 0 Å². The summed E-state index contributed by atoms with van der Waals surface area (Å²) in [5, 5.41) is 10.3. The highest BCUT2D eigenvalue weighted by atomic mass is 35.5. The van der Waals surface area contributed by atoms with Crippen LogP contribution in [0.25, 0.3) is 6.08 Å². The predicted octanol–water partition coefficient (Wildman–Crippen LogP) is 7.51. The number of nitriles is 1. The SMILES string of the molecule is CC1(C)CC1(C=Cc1cccc(Cl)c1)C(=O)OC(C#N)c1ccc(F)c(Oc2ccccc2)c1. The lowest BCUT2D eigenvalue weighted by Crippen LogP contribution is -2.23. The maximum Gasteiger partial charge on any atom is 0.318 e. The molecule has 1 aliphatic carbocycles. The third-order valence-corrected chi connectivity index (χ3v) is 6.38. The number of para-hydroxylation sites is 1. The summed E-state index contributed by atoms with van der Waals surface area (Å²) in [6.45, 7) is 3.95. The van der Waals surface area contributed by atoms with Crippen LogP contribution in [0.2, 0.25) is 5.02 Å². The molecule has 4 nitrogen and oxygen atoms in total. The Kier molecular flexibility index (Phi) is 6.45. The molecule has 0 bridgehead atoms. The lowest BCUT2D eigenvalue weighted by Gasteiger charge is -2.19. The fourth-order valence-corrected chi connectivity index (χ4v) is 4.16.